The SMILES string of the molecule is CC(=O)N[C@H]1[C@H](O[C@H]2[C@H](O)[C@H](O)[C@@H](O)O[C@@H]2CO)O[C@H](CO[C@H]2O[C@H](C)[C@H](O)[C@H](O)[C@H]2O)[C@@H](O)[C@@H]1O. The summed E-state index contributed by atoms with van der Waals surface area (Å²) < 4.78 is 27.1. The first-order valence-corrected chi connectivity index (χ1v) is 11.4. The fourth-order valence-electron chi connectivity index (χ4n) is 4.30. The van der Waals surface area contributed by atoms with Crippen LogP contribution in [0.3, 0.4) is 0 Å². The summed E-state index contributed by atoms with van der Waals surface area (Å²) in [7, 11) is 0. The number of aliphatic hydroxyl groups excluding tert-OH is 9. The topological polar surface area (TPSA) is 257 Å². The van der Waals surface area contributed by atoms with Gasteiger partial charge in [0.25, 0.3) is 0 Å². The number of rotatable bonds is 7. The van der Waals surface area contributed by atoms with E-state index in [4.69, 9.17) is 23.7 Å². The van der Waals surface area contributed by atoms with Crippen LogP contribution in [0.25, 0.3) is 0 Å². The third-order valence-corrected chi connectivity index (χ3v) is 6.43. The Kier molecular flexibility index (Phi) is 9.97. The number of aliphatic hydroxyl groups is 9. The normalized spacial score (nSPS) is 50.0. The van der Waals surface area contributed by atoms with Crippen LogP contribution in [0.1, 0.15) is 13.8 Å². The number of hydrogen-bond donors (Lipinski definition) is 10. The Labute approximate surface area is 205 Å². The number of carbonyl (C=O) groups is 1. The molecule has 3 aliphatic rings. The number of hydrogen-bond acceptors (Lipinski definition) is 15. The van der Waals surface area contributed by atoms with Gasteiger partial charge >= 0.3 is 0 Å². The molecule has 10 N–H and O–H groups in total. The van der Waals surface area contributed by atoms with Gasteiger partial charge in [0.05, 0.1) is 19.3 Å². The van der Waals surface area contributed by atoms with Crippen molar-refractivity contribution in [3.05, 3.63) is 0 Å². The molecule has 0 aromatic rings. The summed E-state index contributed by atoms with van der Waals surface area (Å²) >= 11 is 0. The van der Waals surface area contributed by atoms with E-state index in [0.717, 1.165) is 6.92 Å². The van der Waals surface area contributed by atoms with E-state index in [1.165, 1.54) is 6.92 Å². The van der Waals surface area contributed by atoms with Gasteiger partial charge in [-0.3, -0.25) is 4.79 Å². The van der Waals surface area contributed by atoms with E-state index in [1.807, 2.05) is 0 Å². The highest BCUT2D eigenvalue weighted by Gasteiger charge is 2.51. The van der Waals surface area contributed by atoms with E-state index in [-0.39, 0.29) is 0 Å². The molecule has 36 heavy (non-hydrogen) atoms. The molecular weight excluding hydrogens is 494 g/mol. The first-order valence-electron chi connectivity index (χ1n) is 11.4. The van der Waals surface area contributed by atoms with Gasteiger partial charge in [-0.05, 0) is 6.92 Å². The maximum atomic E-state index is 11.7. The summed E-state index contributed by atoms with van der Waals surface area (Å²) in [6.07, 6.45) is -21.5. The molecule has 0 spiro atoms. The Bertz CT molecular complexity index is 729. The van der Waals surface area contributed by atoms with E-state index in [0.29, 0.717) is 0 Å². The lowest BCUT2D eigenvalue weighted by atomic mass is 9.95. The van der Waals surface area contributed by atoms with Gasteiger partial charge < -0.3 is 75.0 Å². The minimum Gasteiger partial charge on any atom is -0.394 e. The van der Waals surface area contributed by atoms with Crippen molar-refractivity contribution in [2.24, 2.45) is 0 Å². The zero-order valence-electron chi connectivity index (χ0n) is 19.5. The largest absolute Gasteiger partial charge is 0.394 e. The Balaban J connectivity index is 1.75. The zero-order chi connectivity index (χ0) is 26.9. The lowest BCUT2D eigenvalue weighted by molar-refractivity contribution is -0.348. The molecule has 0 aromatic heterocycles. The van der Waals surface area contributed by atoms with Gasteiger partial charge in [0.2, 0.25) is 5.91 Å². The molecular formula is C20H35NO15. The summed E-state index contributed by atoms with van der Waals surface area (Å²) in [6, 6.07) is -1.39. The quantitative estimate of drug-likeness (QED) is 0.147. The van der Waals surface area contributed by atoms with Crippen molar-refractivity contribution < 1.29 is 74.4 Å². The number of ether oxygens (including phenoxy) is 5. The second-order valence-corrected chi connectivity index (χ2v) is 9.09. The predicted molar refractivity (Wildman–Crippen MR) is 111 cm³/mol. The van der Waals surface area contributed by atoms with Crippen LogP contribution < -0.4 is 5.32 Å². The van der Waals surface area contributed by atoms with E-state index < -0.39 is 111 Å². The maximum Gasteiger partial charge on any atom is 0.217 e. The van der Waals surface area contributed by atoms with Gasteiger partial charge in [0.15, 0.2) is 18.9 Å². The highest BCUT2D eigenvalue weighted by molar-refractivity contribution is 5.73. The van der Waals surface area contributed by atoms with Crippen molar-refractivity contribution in [1.29, 1.82) is 0 Å². The summed E-state index contributed by atoms with van der Waals surface area (Å²) in [6.45, 7) is 1.29. The summed E-state index contributed by atoms with van der Waals surface area (Å²) in [5.41, 5.74) is 0. The first-order chi connectivity index (χ1) is 16.9. The maximum absolute atomic E-state index is 11.7. The minimum atomic E-state index is -1.82. The Hall–Kier alpha value is -1.09. The molecule has 3 rings (SSSR count). The monoisotopic (exact) mass is 529 g/mol. The van der Waals surface area contributed by atoms with Crippen molar-refractivity contribution in [3.8, 4) is 0 Å². The van der Waals surface area contributed by atoms with Gasteiger partial charge in [-0.15, -0.1) is 0 Å². The number of nitrogens with one attached hydrogen (secondary N) is 1. The molecule has 3 saturated heterocycles. The molecule has 16 nitrogen and oxygen atoms in total. The number of amides is 1. The molecule has 3 heterocycles. The zero-order valence-corrected chi connectivity index (χ0v) is 19.5. The number of carbonyl (C=O) groups excluding carboxylic acids is 1. The lowest BCUT2D eigenvalue weighted by Gasteiger charge is -2.47. The van der Waals surface area contributed by atoms with Gasteiger partial charge in [0.1, 0.15) is 67.1 Å². The first kappa shape index (κ1) is 29.5. The van der Waals surface area contributed by atoms with Crippen molar-refractivity contribution in [2.75, 3.05) is 13.2 Å². The molecule has 3 fully saturated rings. The van der Waals surface area contributed by atoms with E-state index in [2.05, 4.69) is 5.32 Å². The highest BCUT2D eigenvalue weighted by Crippen LogP contribution is 2.30. The van der Waals surface area contributed by atoms with Crippen molar-refractivity contribution in [1.82, 2.24) is 5.32 Å². The lowest BCUT2D eigenvalue weighted by Crippen LogP contribution is -2.67. The van der Waals surface area contributed by atoms with Crippen LogP contribution in [-0.4, -0.2) is 157 Å². The Morgan fingerprint density at radius 1 is 0.778 bits per heavy atom. The molecule has 3 aliphatic heterocycles. The summed E-state index contributed by atoms with van der Waals surface area (Å²) in [5.74, 6) is -0.631. The molecule has 0 aromatic carbocycles. The molecule has 15 atom stereocenters. The highest BCUT2D eigenvalue weighted by atomic mass is 16.7. The molecule has 0 bridgehead atoms. The average Bonchev–Trinajstić information content (AvgIpc) is 2.83. The molecule has 0 saturated carbocycles. The molecule has 16 heteroatoms. The van der Waals surface area contributed by atoms with Crippen LogP contribution in [0, 0.1) is 0 Å². The van der Waals surface area contributed by atoms with Crippen LogP contribution >= 0.6 is 0 Å². The third kappa shape index (κ3) is 6.13. The van der Waals surface area contributed by atoms with Crippen LogP contribution in [0.5, 0.6) is 0 Å². The molecule has 210 valence electrons. The molecule has 0 unspecified atom stereocenters. The van der Waals surface area contributed by atoms with Gasteiger partial charge in [0, 0.05) is 6.92 Å². The second kappa shape index (κ2) is 12.2. The Morgan fingerprint density at radius 2 is 1.44 bits per heavy atom. The predicted octanol–water partition coefficient (Wildman–Crippen LogP) is -6.40. The van der Waals surface area contributed by atoms with Crippen LogP contribution in [0.4, 0.5) is 0 Å². The van der Waals surface area contributed by atoms with Gasteiger partial charge in [-0.2, -0.15) is 0 Å². The van der Waals surface area contributed by atoms with Gasteiger partial charge in [-0.25, -0.2) is 0 Å². The smallest absolute Gasteiger partial charge is 0.217 e. The molecule has 0 radical (unpaired) electrons. The third-order valence-electron chi connectivity index (χ3n) is 6.43. The van der Waals surface area contributed by atoms with Crippen LogP contribution in [0.15, 0.2) is 0 Å². The van der Waals surface area contributed by atoms with Crippen molar-refractivity contribution in [2.45, 2.75) is 106 Å². The fraction of sp³-hybridized carbons (Fsp3) is 0.950. The van der Waals surface area contributed by atoms with Crippen LogP contribution in [0.2, 0.25) is 0 Å². The summed E-state index contributed by atoms with van der Waals surface area (Å²) in [4.78, 5) is 11.7. The van der Waals surface area contributed by atoms with Gasteiger partial charge in [-0.1, -0.05) is 0 Å². The average molecular weight is 529 g/mol. The van der Waals surface area contributed by atoms with Crippen molar-refractivity contribution in [3.63, 3.8) is 0 Å². The second-order valence-electron chi connectivity index (χ2n) is 9.09. The van der Waals surface area contributed by atoms with E-state index in [9.17, 15) is 50.8 Å². The van der Waals surface area contributed by atoms with E-state index in [1.54, 1.807) is 0 Å². The molecule has 0 aliphatic carbocycles. The minimum absolute atomic E-state index is 0.531. The van der Waals surface area contributed by atoms with Crippen molar-refractivity contribution >= 4 is 5.91 Å². The standard InChI is InChI=1S/C20H35NO15/c1-5-10(24)13(27)16(30)20(33-5)32-4-8-11(25)12(26)9(21-6(2)23)19(35-8)36-17-7(3-22)34-18(31)15(29)14(17)28/h5,7-20,22,24-31H,3-4H2,1-2H3,(H,21,23)/t5-,7-,8-,9-,10+,11-,12-,13+,14-,15+,16-,17-,18+,19+,20+/m1/s1. The Morgan fingerprint density at radius 3 is 2.06 bits per heavy atom. The fourth-order valence-corrected chi connectivity index (χ4v) is 4.30. The molecule has 1 amide bonds. The van der Waals surface area contributed by atoms with E-state index >= 15 is 0 Å². The summed E-state index contributed by atoms with van der Waals surface area (Å²) in [5, 5.41) is 93.1. The van der Waals surface area contributed by atoms with Crippen LogP contribution in [-0.2, 0) is 28.5 Å².